The van der Waals surface area contributed by atoms with E-state index in [9.17, 15) is 26.8 Å². The summed E-state index contributed by atoms with van der Waals surface area (Å²) in [6.07, 6.45) is 0.241. The first-order valence-electron chi connectivity index (χ1n) is 15.9. The number of ether oxygens (including phenoxy) is 1. The number of fused-ring (bicyclic) bond motifs is 1. The van der Waals surface area contributed by atoms with Crippen LogP contribution in [0.2, 0.25) is 0 Å². The van der Waals surface area contributed by atoms with Gasteiger partial charge < -0.3 is 15.0 Å². The van der Waals surface area contributed by atoms with Gasteiger partial charge in [-0.2, -0.15) is 4.98 Å². The quantitative estimate of drug-likeness (QED) is 0.205. The van der Waals surface area contributed by atoms with E-state index in [1.165, 1.54) is 52.1 Å². The molecule has 262 valence electrons. The van der Waals surface area contributed by atoms with Crippen LogP contribution in [-0.2, 0) is 20.5 Å². The van der Waals surface area contributed by atoms with Crippen molar-refractivity contribution in [1.82, 2.24) is 19.4 Å². The van der Waals surface area contributed by atoms with Gasteiger partial charge in [-0.25, -0.2) is 31.4 Å². The largest absolute Gasteiger partial charge is 0.444 e. The van der Waals surface area contributed by atoms with E-state index in [0.717, 1.165) is 12.1 Å². The van der Waals surface area contributed by atoms with E-state index in [0.29, 0.717) is 17.5 Å². The van der Waals surface area contributed by atoms with Crippen LogP contribution in [-0.4, -0.2) is 64.9 Å². The van der Waals surface area contributed by atoms with Gasteiger partial charge in [-0.3, -0.25) is 14.1 Å². The molecular formula is C34H39F3N6O5S. The molecule has 1 aliphatic rings. The molecule has 2 aromatic heterocycles. The van der Waals surface area contributed by atoms with Crippen molar-refractivity contribution in [2.24, 2.45) is 0 Å². The van der Waals surface area contributed by atoms with Gasteiger partial charge in [-0.05, 0) is 63.9 Å². The van der Waals surface area contributed by atoms with Crippen molar-refractivity contribution in [3.63, 3.8) is 0 Å². The average Bonchev–Trinajstić information content (AvgIpc) is 3.01. The highest BCUT2D eigenvalue weighted by atomic mass is 32.2. The Kier molecular flexibility index (Phi) is 10.2. The van der Waals surface area contributed by atoms with Crippen LogP contribution in [0.3, 0.4) is 0 Å². The lowest BCUT2D eigenvalue weighted by molar-refractivity contribution is 0.0124. The predicted molar refractivity (Wildman–Crippen MR) is 182 cm³/mol. The highest BCUT2D eigenvalue weighted by Gasteiger charge is 2.33. The lowest BCUT2D eigenvalue weighted by atomic mass is 10.0. The van der Waals surface area contributed by atoms with Crippen molar-refractivity contribution < 1.29 is 31.1 Å². The molecule has 15 heteroatoms. The topological polar surface area (TPSA) is 136 Å². The van der Waals surface area contributed by atoms with Crippen molar-refractivity contribution in [2.45, 2.75) is 77.1 Å². The number of likely N-dealkylation sites (tertiary alicyclic amines) is 1. The van der Waals surface area contributed by atoms with Crippen molar-refractivity contribution in [3.8, 4) is 11.1 Å². The fraction of sp³-hybridized carbons (Fsp3) is 0.412. The molecule has 1 saturated heterocycles. The molecule has 3 heterocycles. The van der Waals surface area contributed by atoms with Crippen LogP contribution in [0.4, 0.5) is 29.6 Å². The number of piperidine rings is 1. The second-order valence-corrected chi connectivity index (χ2v) is 14.9. The lowest BCUT2D eigenvalue weighted by Gasteiger charge is -2.36. The SMILES string of the molecule is CC[C@@H](C)n1c(=O)c(-c2ccc(NS(=O)(=O)Cc3ccccc3F)c(F)c2)cc2cnc(N[C@H]3C[C@H](F)CN(C(=O)OC(C)(C)C)C3)nc21. The van der Waals surface area contributed by atoms with Gasteiger partial charge in [-0.15, -0.1) is 0 Å². The number of sulfonamides is 1. The molecule has 2 aromatic carbocycles. The van der Waals surface area contributed by atoms with Crippen LogP contribution in [0, 0.1) is 11.6 Å². The zero-order chi connectivity index (χ0) is 35.7. The third-order valence-corrected chi connectivity index (χ3v) is 9.26. The van der Waals surface area contributed by atoms with E-state index in [4.69, 9.17) is 4.74 Å². The maximum atomic E-state index is 15.3. The zero-order valence-corrected chi connectivity index (χ0v) is 28.7. The number of carbonyl (C=O) groups is 1. The monoisotopic (exact) mass is 700 g/mol. The van der Waals surface area contributed by atoms with Gasteiger partial charge in [0.15, 0.2) is 0 Å². The van der Waals surface area contributed by atoms with Crippen molar-refractivity contribution >= 4 is 38.8 Å². The van der Waals surface area contributed by atoms with E-state index in [1.807, 2.05) is 13.8 Å². The van der Waals surface area contributed by atoms with Gasteiger partial charge in [0.05, 0.1) is 18.0 Å². The Morgan fingerprint density at radius 3 is 2.51 bits per heavy atom. The van der Waals surface area contributed by atoms with Crippen molar-refractivity contribution in [2.75, 3.05) is 23.1 Å². The summed E-state index contributed by atoms with van der Waals surface area (Å²) in [7, 11) is -4.17. The van der Waals surface area contributed by atoms with Gasteiger partial charge in [0.2, 0.25) is 16.0 Å². The number of pyridine rings is 1. The van der Waals surface area contributed by atoms with E-state index in [-0.39, 0.29) is 53.9 Å². The lowest BCUT2D eigenvalue weighted by Crippen LogP contribution is -2.51. The van der Waals surface area contributed by atoms with Crippen LogP contribution < -0.4 is 15.6 Å². The van der Waals surface area contributed by atoms with Crippen molar-refractivity contribution in [1.29, 1.82) is 0 Å². The normalized spacial score (nSPS) is 17.5. The number of hydrogen-bond acceptors (Lipinski definition) is 8. The molecule has 0 saturated carbocycles. The third kappa shape index (κ3) is 8.50. The summed E-state index contributed by atoms with van der Waals surface area (Å²) < 4.78 is 78.5. The first-order valence-corrected chi connectivity index (χ1v) is 17.5. The number of hydrogen-bond donors (Lipinski definition) is 2. The van der Waals surface area contributed by atoms with E-state index in [2.05, 4.69) is 20.0 Å². The molecule has 49 heavy (non-hydrogen) atoms. The highest BCUT2D eigenvalue weighted by molar-refractivity contribution is 7.91. The first kappa shape index (κ1) is 35.6. The first-order chi connectivity index (χ1) is 23.0. The fourth-order valence-corrected chi connectivity index (χ4v) is 6.79. The number of nitrogens with zero attached hydrogens (tertiary/aromatic N) is 4. The molecule has 0 bridgehead atoms. The number of halogens is 3. The Morgan fingerprint density at radius 1 is 1.10 bits per heavy atom. The number of carbonyl (C=O) groups excluding carboxylic acids is 1. The Bertz CT molecular complexity index is 2040. The minimum atomic E-state index is -4.17. The second-order valence-electron chi connectivity index (χ2n) is 13.2. The Hall–Kier alpha value is -4.66. The molecule has 0 radical (unpaired) electrons. The molecule has 0 spiro atoms. The predicted octanol–water partition coefficient (Wildman–Crippen LogP) is 6.41. The number of aromatic nitrogens is 3. The molecule has 2 N–H and O–H groups in total. The Balaban J connectivity index is 1.42. The number of anilines is 2. The summed E-state index contributed by atoms with van der Waals surface area (Å²) >= 11 is 0. The van der Waals surface area contributed by atoms with E-state index in [1.54, 1.807) is 20.8 Å². The summed E-state index contributed by atoms with van der Waals surface area (Å²) in [6, 6.07) is 9.73. The minimum Gasteiger partial charge on any atom is -0.444 e. The molecule has 1 amide bonds. The number of amides is 1. The molecule has 4 aromatic rings. The molecule has 3 atom stereocenters. The van der Waals surface area contributed by atoms with Gasteiger partial charge >= 0.3 is 6.09 Å². The maximum Gasteiger partial charge on any atom is 0.410 e. The number of nitrogens with one attached hydrogen (secondary N) is 2. The second kappa shape index (κ2) is 14.1. The molecule has 1 aliphatic heterocycles. The molecular weight excluding hydrogens is 661 g/mol. The average molecular weight is 701 g/mol. The summed E-state index contributed by atoms with van der Waals surface area (Å²) in [5, 5.41) is 3.57. The highest BCUT2D eigenvalue weighted by Crippen LogP contribution is 2.28. The molecule has 11 nitrogen and oxygen atoms in total. The molecule has 0 aliphatic carbocycles. The Morgan fingerprint density at radius 2 is 1.84 bits per heavy atom. The molecule has 5 rings (SSSR count). The van der Waals surface area contributed by atoms with Crippen LogP contribution in [0.15, 0.2) is 59.5 Å². The van der Waals surface area contributed by atoms with Gasteiger partial charge in [0.1, 0.15) is 29.1 Å². The van der Waals surface area contributed by atoms with Crippen LogP contribution in [0.25, 0.3) is 22.2 Å². The summed E-state index contributed by atoms with van der Waals surface area (Å²) in [5.74, 6) is -2.19. The van der Waals surface area contributed by atoms with Crippen LogP contribution in [0.5, 0.6) is 0 Å². The van der Waals surface area contributed by atoms with Crippen LogP contribution in [0.1, 0.15) is 59.1 Å². The number of rotatable bonds is 9. The maximum absolute atomic E-state index is 15.3. The molecule has 0 unspecified atom stereocenters. The minimum absolute atomic E-state index is 0.0671. The number of benzene rings is 2. The Labute approximate surface area is 282 Å². The smallest absolute Gasteiger partial charge is 0.410 e. The standard InChI is InChI=1S/C34H39F3N6O5S/c1-6-20(2)43-30-23(16-38-32(40-30)39-25-15-24(35)17-42(18-25)33(45)48-34(3,4)5)13-26(31(43)44)21-11-12-29(28(37)14-21)41-49(46,47)19-22-9-7-8-10-27(22)36/h7-14,16,20,24-25,41H,6,15,17-19H2,1-5H3,(H,38,39,40)/t20-,24+,25+/m1/s1. The van der Waals surface area contributed by atoms with Crippen LogP contribution >= 0.6 is 0 Å². The van der Waals surface area contributed by atoms with E-state index >= 15 is 4.39 Å². The molecule has 1 fully saturated rings. The third-order valence-electron chi connectivity index (χ3n) is 8.04. The van der Waals surface area contributed by atoms with Gasteiger partial charge in [-0.1, -0.05) is 31.2 Å². The van der Waals surface area contributed by atoms with Gasteiger partial charge in [0.25, 0.3) is 5.56 Å². The van der Waals surface area contributed by atoms with Crippen molar-refractivity contribution in [3.05, 3.63) is 82.3 Å². The summed E-state index contributed by atoms with van der Waals surface area (Å²) in [6.45, 7) is 9.00. The summed E-state index contributed by atoms with van der Waals surface area (Å²) in [4.78, 5) is 36.8. The van der Waals surface area contributed by atoms with Gasteiger partial charge in [0, 0.05) is 47.8 Å². The fourth-order valence-electron chi connectivity index (χ4n) is 5.58. The zero-order valence-electron chi connectivity index (χ0n) is 27.8. The van der Waals surface area contributed by atoms with E-state index < -0.39 is 56.9 Å². The summed E-state index contributed by atoms with van der Waals surface area (Å²) in [5.41, 5.74) is -0.991. The number of alkyl halides is 1.